The standard InChI is InChI=1S/C17H27FN2O3/c1-6-17(5,11-21)10-19-14-9-12(18)7-8-13(14)20-15(22)23-16(2,3)4/h7-9,19,21H,6,10-11H2,1-5H3,(H,20,22). The van der Waals surface area contributed by atoms with E-state index in [1.54, 1.807) is 20.8 Å². The number of aliphatic hydroxyl groups excluding tert-OH is 1. The van der Waals surface area contributed by atoms with Gasteiger partial charge in [0.15, 0.2) is 0 Å². The zero-order valence-corrected chi connectivity index (χ0v) is 14.5. The van der Waals surface area contributed by atoms with Crippen LogP contribution in [0.25, 0.3) is 0 Å². The Kier molecular flexibility index (Phi) is 6.38. The molecular formula is C17H27FN2O3. The van der Waals surface area contributed by atoms with E-state index in [9.17, 15) is 14.3 Å². The molecule has 1 unspecified atom stereocenters. The van der Waals surface area contributed by atoms with Gasteiger partial charge in [-0.3, -0.25) is 5.32 Å². The number of anilines is 2. The Hall–Kier alpha value is -1.82. The second-order valence-electron chi connectivity index (χ2n) is 6.99. The molecule has 23 heavy (non-hydrogen) atoms. The Balaban J connectivity index is 2.87. The zero-order valence-electron chi connectivity index (χ0n) is 14.5. The van der Waals surface area contributed by atoms with E-state index in [0.717, 1.165) is 6.42 Å². The molecule has 0 saturated carbocycles. The lowest BCUT2D eigenvalue weighted by molar-refractivity contribution is 0.0636. The number of rotatable bonds is 6. The van der Waals surface area contributed by atoms with Gasteiger partial charge in [-0.2, -0.15) is 0 Å². The van der Waals surface area contributed by atoms with Crippen LogP contribution < -0.4 is 10.6 Å². The van der Waals surface area contributed by atoms with Gasteiger partial charge in [0.25, 0.3) is 0 Å². The molecule has 0 spiro atoms. The average Bonchev–Trinajstić information content (AvgIpc) is 2.45. The number of hydrogen-bond donors (Lipinski definition) is 3. The van der Waals surface area contributed by atoms with Crippen molar-refractivity contribution in [3.8, 4) is 0 Å². The molecule has 1 aromatic rings. The van der Waals surface area contributed by atoms with E-state index < -0.39 is 17.5 Å². The van der Waals surface area contributed by atoms with Crippen molar-refractivity contribution in [3.05, 3.63) is 24.0 Å². The molecule has 3 N–H and O–H groups in total. The van der Waals surface area contributed by atoms with Gasteiger partial charge in [-0.1, -0.05) is 13.8 Å². The summed E-state index contributed by atoms with van der Waals surface area (Å²) in [7, 11) is 0. The highest BCUT2D eigenvalue weighted by Crippen LogP contribution is 2.27. The maximum absolute atomic E-state index is 13.5. The van der Waals surface area contributed by atoms with Crippen LogP contribution >= 0.6 is 0 Å². The van der Waals surface area contributed by atoms with Gasteiger partial charge in [0.1, 0.15) is 11.4 Å². The van der Waals surface area contributed by atoms with E-state index >= 15 is 0 Å². The van der Waals surface area contributed by atoms with E-state index in [-0.39, 0.29) is 12.0 Å². The molecular weight excluding hydrogens is 299 g/mol. The van der Waals surface area contributed by atoms with Crippen LogP contribution in [0.3, 0.4) is 0 Å². The number of halogens is 1. The molecule has 1 atom stereocenters. The van der Waals surface area contributed by atoms with Gasteiger partial charge in [-0.15, -0.1) is 0 Å². The van der Waals surface area contributed by atoms with E-state index in [0.29, 0.717) is 17.9 Å². The first-order valence-electron chi connectivity index (χ1n) is 7.73. The molecule has 0 heterocycles. The van der Waals surface area contributed by atoms with Crippen molar-refractivity contribution >= 4 is 17.5 Å². The third-order valence-electron chi connectivity index (χ3n) is 3.56. The van der Waals surface area contributed by atoms with Gasteiger partial charge in [0.05, 0.1) is 18.0 Å². The SMILES string of the molecule is CCC(C)(CO)CNc1cc(F)ccc1NC(=O)OC(C)(C)C. The van der Waals surface area contributed by atoms with E-state index in [2.05, 4.69) is 10.6 Å². The molecule has 1 rings (SSSR count). The summed E-state index contributed by atoms with van der Waals surface area (Å²) in [6.45, 7) is 9.68. The first-order chi connectivity index (χ1) is 10.6. The molecule has 5 nitrogen and oxygen atoms in total. The summed E-state index contributed by atoms with van der Waals surface area (Å²) >= 11 is 0. The molecule has 1 aromatic carbocycles. The number of aliphatic hydroxyl groups is 1. The minimum absolute atomic E-state index is 0.0145. The van der Waals surface area contributed by atoms with Gasteiger partial charge in [-0.05, 0) is 45.4 Å². The van der Waals surface area contributed by atoms with Crippen LogP contribution in [0.15, 0.2) is 18.2 Å². The highest BCUT2D eigenvalue weighted by molar-refractivity contribution is 5.89. The maximum Gasteiger partial charge on any atom is 0.412 e. The van der Waals surface area contributed by atoms with Crippen LogP contribution in [0.1, 0.15) is 41.0 Å². The number of carbonyl (C=O) groups is 1. The van der Waals surface area contributed by atoms with Crippen LogP contribution in [0, 0.1) is 11.2 Å². The largest absolute Gasteiger partial charge is 0.444 e. The first kappa shape index (κ1) is 19.2. The lowest BCUT2D eigenvalue weighted by Crippen LogP contribution is -2.30. The summed E-state index contributed by atoms with van der Waals surface area (Å²) in [5.74, 6) is -0.413. The van der Waals surface area contributed by atoms with E-state index in [4.69, 9.17) is 4.74 Å². The summed E-state index contributed by atoms with van der Waals surface area (Å²) in [4.78, 5) is 11.9. The molecule has 0 aromatic heterocycles. The van der Waals surface area contributed by atoms with Crippen LogP contribution in [0.2, 0.25) is 0 Å². The second kappa shape index (κ2) is 7.64. The summed E-state index contributed by atoms with van der Waals surface area (Å²) in [6, 6.07) is 4.05. The Morgan fingerprint density at radius 2 is 1.91 bits per heavy atom. The molecule has 1 amide bonds. The van der Waals surface area contributed by atoms with Crippen LogP contribution in [-0.4, -0.2) is 30.0 Å². The third kappa shape index (κ3) is 6.44. The van der Waals surface area contributed by atoms with Gasteiger partial charge in [-0.25, -0.2) is 9.18 Å². The minimum Gasteiger partial charge on any atom is -0.444 e. The molecule has 0 aliphatic heterocycles. The minimum atomic E-state index is -0.616. The van der Waals surface area contributed by atoms with Crippen molar-refractivity contribution in [1.29, 1.82) is 0 Å². The molecule has 0 radical (unpaired) electrons. The highest BCUT2D eigenvalue weighted by Gasteiger charge is 2.22. The topological polar surface area (TPSA) is 70.6 Å². The van der Waals surface area contributed by atoms with Crippen LogP contribution in [-0.2, 0) is 4.74 Å². The zero-order chi connectivity index (χ0) is 17.7. The Bertz CT molecular complexity index is 537. The van der Waals surface area contributed by atoms with Gasteiger partial charge in [0, 0.05) is 12.0 Å². The molecule has 6 heteroatoms. The quantitative estimate of drug-likeness (QED) is 0.739. The van der Waals surface area contributed by atoms with Crippen molar-refractivity contribution < 1.29 is 19.0 Å². The number of hydrogen-bond acceptors (Lipinski definition) is 4. The second-order valence-corrected chi connectivity index (χ2v) is 6.99. The van der Waals surface area contributed by atoms with Crippen LogP contribution in [0.4, 0.5) is 20.6 Å². The number of ether oxygens (including phenoxy) is 1. The van der Waals surface area contributed by atoms with Crippen LogP contribution in [0.5, 0.6) is 0 Å². The van der Waals surface area contributed by atoms with Gasteiger partial charge in [0.2, 0.25) is 0 Å². The molecule has 130 valence electrons. The fourth-order valence-corrected chi connectivity index (χ4v) is 1.79. The van der Waals surface area contributed by atoms with Gasteiger partial charge >= 0.3 is 6.09 Å². The maximum atomic E-state index is 13.5. The van der Waals surface area contributed by atoms with Gasteiger partial charge < -0.3 is 15.2 Å². The van der Waals surface area contributed by atoms with Crippen molar-refractivity contribution in [2.75, 3.05) is 23.8 Å². The fraction of sp³-hybridized carbons (Fsp3) is 0.588. The third-order valence-corrected chi connectivity index (χ3v) is 3.56. The summed E-state index contributed by atoms with van der Waals surface area (Å²) in [6.07, 6.45) is 0.160. The number of benzene rings is 1. The van der Waals surface area contributed by atoms with Crippen molar-refractivity contribution in [1.82, 2.24) is 0 Å². The molecule has 0 bridgehead atoms. The van der Waals surface area contributed by atoms with Crippen molar-refractivity contribution in [3.63, 3.8) is 0 Å². The normalized spacial score (nSPS) is 14.0. The molecule has 0 aliphatic rings. The molecule has 0 aliphatic carbocycles. The highest BCUT2D eigenvalue weighted by atomic mass is 19.1. The fourth-order valence-electron chi connectivity index (χ4n) is 1.79. The molecule has 0 fully saturated rings. The lowest BCUT2D eigenvalue weighted by atomic mass is 9.88. The smallest absolute Gasteiger partial charge is 0.412 e. The summed E-state index contributed by atoms with van der Waals surface area (Å²) < 4.78 is 18.7. The van der Waals surface area contributed by atoms with Crippen molar-refractivity contribution in [2.24, 2.45) is 5.41 Å². The number of amides is 1. The summed E-state index contributed by atoms with van der Waals surface area (Å²) in [5.41, 5.74) is -0.0636. The lowest BCUT2D eigenvalue weighted by Gasteiger charge is -2.27. The molecule has 0 saturated heterocycles. The summed E-state index contributed by atoms with van der Waals surface area (Å²) in [5, 5.41) is 15.2. The predicted octanol–water partition coefficient (Wildman–Crippen LogP) is 3.99. The predicted molar refractivity (Wildman–Crippen MR) is 90.2 cm³/mol. The monoisotopic (exact) mass is 326 g/mol. The number of nitrogens with one attached hydrogen (secondary N) is 2. The van der Waals surface area contributed by atoms with E-state index in [1.807, 2.05) is 13.8 Å². The Morgan fingerprint density at radius 1 is 1.26 bits per heavy atom. The number of carbonyl (C=O) groups excluding carboxylic acids is 1. The Morgan fingerprint density at radius 3 is 2.43 bits per heavy atom. The Labute approximate surface area is 137 Å². The average molecular weight is 326 g/mol. The van der Waals surface area contributed by atoms with E-state index in [1.165, 1.54) is 18.2 Å². The van der Waals surface area contributed by atoms with Crippen molar-refractivity contribution in [2.45, 2.75) is 46.6 Å². The first-order valence-corrected chi connectivity index (χ1v) is 7.73.